The normalized spacial score (nSPS) is 12.1. The van der Waals surface area contributed by atoms with E-state index in [0.717, 1.165) is 4.47 Å². The molecule has 0 unspecified atom stereocenters. The average Bonchev–Trinajstić information content (AvgIpc) is 2.45. The van der Waals surface area contributed by atoms with Crippen LogP contribution >= 0.6 is 51.2 Å². The van der Waals surface area contributed by atoms with Gasteiger partial charge in [-0.1, -0.05) is 0 Å². The van der Waals surface area contributed by atoms with Gasteiger partial charge in [0.25, 0.3) is 0 Å². The Balaban J connectivity index is 0.00000225. The Morgan fingerprint density at radius 3 is 2.62 bits per heavy atom. The molecule has 1 aromatic heterocycles. The summed E-state index contributed by atoms with van der Waals surface area (Å²) in [5.41, 5.74) is 5.71. The second-order valence-electron chi connectivity index (χ2n) is 4.31. The monoisotopic (exact) mass is 417 g/mol. The highest BCUT2D eigenvalue weighted by molar-refractivity contribution is 14.0. The van der Waals surface area contributed by atoms with Crippen molar-refractivity contribution in [1.82, 2.24) is 5.32 Å². The van der Waals surface area contributed by atoms with E-state index in [0.29, 0.717) is 12.5 Å². The summed E-state index contributed by atoms with van der Waals surface area (Å²) in [6, 6.07) is 2.05. The molecule has 0 radical (unpaired) electrons. The van der Waals surface area contributed by atoms with Gasteiger partial charge in [-0.25, -0.2) is 4.99 Å². The van der Waals surface area contributed by atoms with Gasteiger partial charge in [0.2, 0.25) is 0 Å². The molecule has 0 saturated carbocycles. The summed E-state index contributed by atoms with van der Waals surface area (Å²) in [6.07, 6.45) is 0. The van der Waals surface area contributed by atoms with Crippen LogP contribution in [0.15, 0.2) is 20.9 Å². The predicted molar refractivity (Wildman–Crippen MR) is 85.6 cm³/mol. The second kappa shape index (κ2) is 6.80. The van der Waals surface area contributed by atoms with E-state index in [1.54, 1.807) is 11.3 Å². The van der Waals surface area contributed by atoms with Crippen molar-refractivity contribution in [3.05, 3.63) is 20.8 Å². The van der Waals surface area contributed by atoms with Gasteiger partial charge in [-0.15, -0.1) is 35.3 Å². The highest BCUT2D eigenvalue weighted by Crippen LogP contribution is 2.20. The molecule has 3 nitrogen and oxygen atoms in total. The fourth-order valence-corrected chi connectivity index (χ4v) is 2.40. The lowest BCUT2D eigenvalue weighted by Gasteiger charge is -2.20. The first-order valence-corrected chi connectivity index (χ1v) is 6.35. The number of hydrogen-bond acceptors (Lipinski definition) is 2. The van der Waals surface area contributed by atoms with Crippen LogP contribution in [0.5, 0.6) is 0 Å². The molecule has 1 heterocycles. The predicted octanol–water partition coefficient (Wildman–Crippen LogP) is 3.33. The van der Waals surface area contributed by atoms with Crippen molar-refractivity contribution in [3.8, 4) is 0 Å². The maximum Gasteiger partial charge on any atom is 0.189 e. The van der Waals surface area contributed by atoms with Crippen LogP contribution in [0.25, 0.3) is 0 Å². The summed E-state index contributed by atoms with van der Waals surface area (Å²) in [6.45, 7) is 6.79. The van der Waals surface area contributed by atoms with Gasteiger partial charge < -0.3 is 11.1 Å². The zero-order chi connectivity index (χ0) is 11.5. The maximum absolute atomic E-state index is 5.75. The minimum atomic E-state index is -0.0381. The fourth-order valence-electron chi connectivity index (χ4n) is 1.02. The van der Waals surface area contributed by atoms with Gasteiger partial charge in [0.05, 0.1) is 6.54 Å². The highest BCUT2D eigenvalue weighted by atomic mass is 127. The van der Waals surface area contributed by atoms with Crippen LogP contribution in [0.3, 0.4) is 0 Å². The van der Waals surface area contributed by atoms with Crippen molar-refractivity contribution < 1.29 is 0 Å². The van der Waals surface area contributed by atoms with Crippen molar-refractivity contribution in [2.24, 2.45) is 10.7 Å². The zero-order valence-corrected chi connectivity index (χ0v) is 14.3. The van der Waals surface area contributed by atoms with Crippen LogP contribution in [-0.2, 0) is 6.54 Å². The first-order chi connectivity index (χ1) is 6.87. The average molecular weight is 418 g/mol. The summed E-state index contributed by atoms with van der Waals surface area (Å²) < 4.78 is 1.10. The highest BCUT2D eigenvalue weighted by Gasteiger charge is 2.09. The Bertz CT molecular complexity index is 357. The van der Waals surface area contributed by atoms with Crippen LogP contribution in [0, 0.1) is 0 Å². The molecule has 0 aliphatic heterocycles. The molecule has 0 spiro atoms. The number of halogens is 2. The summed E-state index contributed by atoms with van der Waals surface area (Å²) in [4.78, 5) is 5.46. The Morgan fingerprint density at radius 1 is 1.56 bits per heavy atom. The lowest BCUT2D eigenvalue weighted by Crippen LogP contribution is -2.44. The molecule has 0 atom stereocenters. The third kappa shape index (κ3) is 6.70. The van der Waals surface area contributed by atoms with Gasteiger partial charge in [-0.2, -0.15) is 0 Å². The van der Waals surface area contributed by atoms with Crippen molar-refractivity contribution >= 4 is 57.2 Å². The maximum atomic E-state index is 5.75. The van der Waals surface area contributed by atoms with Crippen LogP contribution in [0.2, 0.25) is 0 Å². The van der Waals surface area contributed by atoms with Crippen molar-refractivity contribution in [2.45, 2.75) is 32.9 Å². The molecule has 1 aromatic rings. The second-order valence-corrected chi connectivity index (χ2v) is 6.22. The largest absolute Gasteiger partial charge is 0.370 e. The standard InChI is InChI=1S/C10H16BrN3S.HI/c1-10(2,3)14-9(12)13-5-8-4-7(11)6-15-8;/h4,6H,5H2,1-3H3,(H3,12,13,14);1H. The van der Waals surface area contributed by atoms with Crippen molar-refractivity contribution in [2.75, 3.05) is 0 Å². The molecule has 1 rings (SSSR count). The molecule has 0 bridgehead atoms. The van der Waals surface area contributed by atoms with E-state index in [4.69, 9.17) is 5.73 Å². The van der Waals surface area contributed by atoms with Crippen LogP contribution in [0.4, 0.5) is 0 Å². The van der Waals surface area contributed by atoms with Gasteiger partial charge in [0.1, 0.15) is 0 Å². The molecule has 16 heavy (non-hydrogen) atoms. The third-order valence-corrected chi connectivity index (χ3v) is 3.21. The Kier molecular flexibility index (Phi) is 6.88. The van der Waals surface area contributed by atoms with Gasteiger partial charge >= 0.3 is 0 Å². The molecule has 0 saturated heterocycles. The van der Waals surface area contributed by atoms with Gasteiger partial charge in [0, 0.05) is 20.3 Å². The molecule has 3 N–H and O–H groups in total. The van der Waals surface area contributed by atoms with Gasteiger partial charge in [-0.3, -0.25) is 0 Å². The van der Waals surface area contributed by atoms with E-state index in [-0.39, 0.29) is 29.5 Å². The van der Waals surface area contributed by atoms with E-state index in [2.05, 4.69) is 53.1 Å². The molecule has 6 heteroatoms. The lowest BCUT2D eigenvalue weighted by atomic mass is 10.1. The Hall–Kier alpha value is 0.180. The first-order valence-electron chi connectivity index (χ1n) is 4.68. The Labute approximate surface area is 126 Å². The van der Waals surface area contributed by atoms with Crippen LogP contribution in [-0.4, -0.2) is 11.5 Å². The number of hydrogen-bond donors (Lipinski definition) is 2. The summed E-state index contributed by atoms with van der Waals surface area (Å²) in [5, 5.41) is 5.16. The van der Waals surface area contributed by atoms with Gasteiger partial charge in [-0.05, 0) is 42.8 Å². The zero-order valence-electron chi connectivity index (χ0n) is 9.58. The molecular formula is C10H17BrIN3S. The minimum Gasteiger partial charge on any atom is -0.370 e. The number of rotatable bonds is 2. The summed E-state index contributed by atoms with van der Waals surface area (Å²) >= 11 is 5.08. The number of thiophene rings is 1. The number of nitrogens with two attached hydrogens (primary N) is 1. The van der Waals surface area contributed by atoms with E-state index >= 15 is 0 Å². The number of nitrogens with zero attached hydrogens (tertiary/aromatic N) is 1. The number of guanidine groups is 1. The SMILES string of the molecule is CC(C)(C)NC(N)=NCc1cc(Br)cs1.I. The summed E-state index contributed by atoms with van der Waals surface area (Å²) in [5.74, 6) is 0.493. The smallest absolute Gasteiger partial charge is 0.189 e. The van der Waals surface area contributed by atoms with Crippen LogP contribution in [0.1, 0.15) is 25.6 Å². The van der Waals surface area contributed by atoms with E-state index < -0.39 is 0 Å². The van der Waals surface area contributed by atoms with E-state index in [9.17, 15) is 0 Å². The number of nitrogens with one attached hydrogen (secondary N) is 1. The van der Waals surface area contributed by atoms with E-state index in [1.165, 1.54) is 4.88 Å². The summed E-state index contributed by atoms with van der Waals surface area (Å²) in [7, 11) is 0. The van der Waals surface area contributed by atoms with Crippen molar-refractivity contribution in [1.29, 1.82) is 0 Å². The van der Waals surface area contributed by atoms with Gasteiger partial charge in [0.15, 0.2) is 5.96 Å². The number of aliphatic imine (C=N–C) groups is 1. The molecule has 0 fully saturated rings. The molecule has 92 valence electrons. The molecular weight excluding hydrogens is 401 g/mol. The van der Waals surface area contributed by atoms with Crippen LogP contribution < -0.4 is 11.1 Å². The third-order valence-electron chi connectivity index (χ3n) is 1.53. The molecule has 0 aliphatic carbocycles. The van der Waals surface area contributed by atoms with E-state index in [1.807, 2.05) is 5.38 Å². The molecule has 0 amide bonds. The quantitative estimate of drug-likeness (QED) is 0.440. The molecule has 0 aromatic carbocycles. The van der Waals surface area contributed by atoms with Crippen molar-refractivity contribution in [3.63, 3.8) is 0 Å². The minimum absolute atomic E-state index is 0. The Morgan fingerprint density at radius 2 is 2.19 bits per heavy atom. The fraction of sp³-hybridized carbons (Fsp3) is 0.500. The topological polar surface area (TPSA) is 50.4 Å². The molecule has 0 aliphatic rings. The lowest BCUT2D eigenvalue weighted by molar-refractivity contribution is 0.508. The first kappa shape index (κ1) is 16.2.